The number of aromatic amines is 1. The van der Waals surface area contributed by atoms with Crippen molar-refractivity contribution < 1.29 is 4.79 Å². The first-order chi connectivity index (χ1) is 12.7. The smallest absolute Gasteiger partial charge is 0.278 e. The Morgan fingerprint density at radius 1 is 1.15 bits per heavy atom. The number of amides is 1. The predicted octanol–water partition coefficient (Wildman–Crippen LogP) is 2.26. The van der Waals surface area contributed by atoms with E-state index in [9.17, 15) is 9.59 Å². The molecule has 26 heavy (non-hydrogen) atoms. The molecule has 0 spiro atoms. The summed E-state index contributed by atoms with van der Waals surface area (Å²) in [6, 6.07) is 13.6. The summed E-state index contributed by atoms with van der Waals surface area (Å²) in [5.41, 5.74) is 1.72. The highest BCUT2D eigenvalue weighted by molar-refractivity contribution is 5.93. The number of carbonyl (C=O) groups is 1. The highest BCUT2D eigenvalue weighted by Gasteiger charge is 2.23. The van der Waals surface area contributed by atoms with Crippen LogP contribution in [0, 0.1) is 0 Å². The Balaban J connectivity index is 1.67. The predicted molar refractivity (Wildman–Crippen MR) is 97.8 cm³/mol. The number of hydrogen-bond donors (Lipinski definition) is 2. The summed E-state index contributed by atoms with van der Waals surface area (Å²) < 4.78 is 1.13. The minimum atomic E-state index is -0.784. The van der Waals surface area contributed by atoms with Crippen molar-refractivity contribution in [1.29, 1.82) is 0 Å². The van der Waals surface area contributed by atoms with Crippen LogP contribution in [0.15, 0.2) is 53.3 Å². The quantitative estimate of drug-likeness (QED) is 0.588. The Labute approximate surface area is 147 Å². The number of aromatic nitrogens is 5. The van der Waals surface area contributed by atoms with Gasteiger partial charge in [-0.1, -0.05) is 36.4 Å². The monoisotopic (exact) mass is 348 g/mol. The average molecular weight is 348 g/mol. The van der Waals surface area contributed by atoms with E-state index < -0.39 is 6.04 Å². The molecule has 0 aliphatic heterocycles. The summed E-state index contributed by atoms with van der Waals surface area (Å²) in [4.78, 5) is 32.8. The van der Waals surface area contributed by atoms with Gasteiger partial charge in [-0.15, -0.1) is 5.10 Å². The summed E-state index contributed by atoms with van der Waals surface area (Å²) in [6.45, 7) is 1.81. The number of anilines is 1. The Bertz CT molecular complexity index is 1130. The normalized spacial score (nSPS) is 12.3. The Hall–Kier alpha value is -3.55. The third-order valence-electron chi connectivity index (χ3n) is 4.21. The number of imidazole rings is 1. The molecule has 1 atom stereocenters. The Morgan fingerprint density at radius 2 is 1.88 bits per heavy atom. The number of benzene rings is 2. The molecule has 1 unspecified atom stereocenters. The number of hydrogen-bond acceptors (Lipinski definition) is 5. The van der Waals surface area contributed by atoms with E-state index in [4.69, 9.17) is 0 Å². The van der Waals surface area contributed by atoms with Crippen molar-refractivity contribution in [2.75, 3.05) is 5.32 Å². The number of nitrogens with zero attached hydrogens (tertiary/aromatic N) is 4. The fraction of sp³-hybridized carbons (Fsp3) is 0.167. The van der Waals surface area contributed by atoms with Gasteiger partial charge < -0.3 is 4.98 Å². The van der Waals surface area contributed by atoms with Gasteiger partial charge in [-0.2, -0.15) is 4.68 Å². The van der Waals surface area contributed by atoms with Gasteiger partial charge in [0.05, 0.1) is 16.4 Å². The molecule has 0 saturated carbocycles. The van der Waals surface area contributed by atoms with Crippen molar-refractivity contribution in [2.24, 2.45) is 0 Å². The van der Waals surface area contributed by atoms with Crippen LogP contribution in [0.2, 0.25) is 0 Å². The van der Waals surface area contributed by atoms with Gasteiger partial charge in [0, 0.05) is 0 Å². The van der Waals surface area contributed by atoms with Crippen LogP contribution >= 0.6 is 0 Å². The zero-order valence-electron chi connectivity index (χ0n) is 14.0. The topological polar surface area (TPSA) is 106 Å². The second-order valence-electron chi connectivity index (χ2n) is 5.87. The van der Waals surface area contributed by atoms with Crippen LogP contribution in [0.3, 0.4) is 0 Å². The highest BCUT2D eigenvalue weighted by Crippen LogP contribution is 2.16. The van der Waals surface area contributed by atoms with Gasteiger partial charge in [0.15, 0.2) is 0 Å². The van der Waals surface area contributed by atoms with Gasteiger partial charge >= 0.3 is 0 Å². The summed E-state index contributed by atoms with van der Waals surface area (Å²) in [5, 5.41) is 11.1. The molecule has 0 aliphatic rings. The van der Waals surface area contributed by atoms with Crippen molar-refractivity contribution in [1.82, 2.24) is 25.0 Å². The molecule has 2 heterocycles. The molecule has 0 fully saturated rings. The fourth-order valence-corrected chi connectivity index (χ4v) is 2.89. The number of nitrogens with one attached hydrogen (secondary N) is 2. The molecular weight excluding hydrogens is 332 g/mol. The number of fused-ring (bicyclic) bond motifs is 2. The van der Waals surface area contributed by atoms with Gasteiger partial charge in [0.1, 0.15) is 11.6 Å². The molecule has 2 N–H and O–H groups in total. The third kappa shape index (κ3) is 2.71. The lowest BCUT2D eigenvalue weighted by Gasteiger charge is -2.15. The first-order valence-corrected chi connectivity index (χ1v) is 8.27. The lowest BCUT2D eigenvalue weighted by Crippen LogP contribution is -2.35. The van der Waals surface area contributed by atoms with Gasteiger partial charge in [-0.05, 0) is 30.7 Å². The van der Waals surface area contributed by atoms with E-state index in [1.807, 2.05) is 31.2 Å². The summed E-state index contributed by atoms with van der Waals surface area (Å²) in [7, 11) is 0. The van der Waals surface area contributed by atoms with Gasteiger partial charge in [-0.3, -0.25) is 14.9 Å². The van der Waals surface area contributed by atoms with Crippen molar-refractivity contribution in [3.8, 4) is 0 Å². The highest BCUT2D eigenvalue weighted by atomic mass is 16.2. The standard InChI is InChI=1S/C18H16N6O2/c1-2-15(24-17(26)11-7-3-4-8-12(11)22-23-24)16(25)21-18-19-13-9-5-6-10-14(13)20-18/h3-10,15H,2H2,1H3,(H2,19,20,21,25). The van der Waals surface area contributed by atoms with E-state index >= 15 is 0 Å². The second-order valence-corrected chi connectivity index (χ2v) is 5.87. The molecule has 130 valence electrons. The molecule has 4 aromatic rings. The van der Waals surface area contributed by atoms with E-state index in [-0.39, 0.29) is 11.5 Å². The molecule has 0 aliphatic carbocycles. The van der Waals surface area contributed by atoms with Crippen LogP contribution < -0.4 is 10.9 Å². The van der Waals surface area contributed by atoms with E-state index in [0.717, 1.165) is 15.7 Å². The van der Waals surface area contributed by atoms with E-state index in [1.165, 1.54) is 0 Å². The van der Waals surface area contributed by atoms with Crippen LogP contribution in [-0.2, 0) is 4.79 Å². The van der Waals surface area contributed by atoms with Crippen LogP contribution in [0.4, 0.5) is 5.95 Å². The summed E-state index contributed by atoms with van der Waals surface area (Å²) >= 11 is 0. The first-order valence-electron chi connectivity index (χ1n) is 8.27. The zero-order valence-corrected chi connectivity index (χ0v) is 14.0. The van der Waals surface area contributed by atoms with Crippen LogP contribution in [0.5, 0.6) is 0 Å². The molecule has 0 radical (unpaired) electrons. The Kier molecular flexibility index (Phi) is 3.92. The van der Waals surface area contributed by atoms with Gasteiger partial charge in [-0.25, -0.2) is 4.98 Å². The minimum absolute atomic E-state index is 0.330. The maximum atomic E-state index is 12.7. The average Bonchev–Trinajstić information content (AvgIpc) is 3.06. The molecule has 8 heteroatoms. The molecule has 0 saturated heterocycles. The SMILES string of the molecule is CCC(C(=O)Nc1nc2ccccc2[nH]1)n1nnc2ccccc2c1=O. The van der Waals surface area contributed by atoms with Crippen LogP contribution in [0.1, 0.15) is 19.4 Å². The lowest BCUT2D eigenvalue weighted by atomic mass is 10.2. The number of rotatable bonds is 4. The third-order valence-corrected chi connectivity index (χ3v) is 4.21. The molecule has 8 nitrogen and oxygen atoms in total. The van der Waals surface area contributed by atoms with E-state index in [2.05, 4.69) is 25.6 Å². The maximum absolute atomic E-state index is 12.7. The minimum Gasteiger partial charge on any atom is -0.324 e. The Morgan fingerprint density at radius 3 is 2.65 bits per heavy atom. The molecule has 0 bridgehead atoms. The van der Waals surface area contributed by atoms with Crippen LogP contribution in [-0.4, -0.2) is 30.9 Å². The van der Waals surface area contributed by atoms with Crippen molar-refractivity contribution in [2.45, 2.75) is 19.4 Å². The summed E-state index contributed by atoms with van der Waals surface area (Å²) in [6.07, 6.45) is 0.388. The molecule has 4 rings (SSSR count). The van der Waals surface area contributed by atoms with E-state index in [1.54, 1.807) is 24.3 Å². The zero-order chi connectivity index (χ0) is 18.1. The number of carbonyl (C=O) groups excluding carboxylic acids is 1. The van der Waals surface area contributed by atoms with Crippen molar-refractivity contribution in [3.05, 3.63) is 58.9 Å². The lowest BCUT2D eigenvalue weighted by molar-refractivity contribution is -0.119. The molecule has 2 aromatic carbocycles. The van der Waals surface area contributed by atoms with Crippen molar-refractivity contribution >= 4 is 33.8 Å². The van der Waals surface area contributed by atoms with Crippen LogP contribution in [0.25, 0.3) is 21.9 Å². The maximum Gasteiger partial charge on any atom is 0.278 e. The first kappa shape index (κ1) is 15.9. The number of H-pyrrole nitrogens is 1. The van der Waals surface area contributed by atoms with E-state index in [0.29, 0.717) is 23.3 Å². The fourth-order valence-electron chi connectivity index (χ4n) is 2.89. The summed E-state index contributed by atoms with van der Waals surface area (Å²) in [5.74, 6) is -0.0466. The van der Waals surface area contributed by atoms with Crippen molar-refractivity contribution in [3.63, 3.8) is 0 Å². The largest absolute Gasteiger partial charge is 0.324 e. The molecule has 2 aromatic heterocycles. The van der Waals surface area contributed by atoms with Gasteiger partial charge in [0.25, 0.3) is 11.5 Å². The molecular formula is C18H16N6O2. The number of para-hydroxylation sites is 2. The molecule has 1 amide bonds. The van der Waals surface area contributed by atoms with Gasteiger partial charge in [0.2, 0.25) is 5.95 Å². The second kappa shape index (κ2) is 6.40.